The van der Waals surface area contributed by atoms with Gasteiger partial charge in [-0.2, -0.15) is 4.39 Å². The molecule has 148 valence electrons. The monoisotopic (exact) mass is 409 g/mol. The van der Waals surface area contributed by atoms with Gasteiger partial charge in [0.2, 0.25) is 11.7 Å². The minimum atomic E-state index is -1.04. The van der Waals surface area contributed by atoms with E-state index in [0.717, 1.165) is 23.1 Å². The van der Waals surface area contributed by atoms with Gasteiger partial charge in [0, 0.05) is 23.6 Å². The van der Waals surface area contributed by atoms with Crippen molar-refractivity contribution in [3.63, 3.8) is 0 Å². The van der Waals surface area contributed by atoms with Gasteiger partial charge in [-0.05, 0) is 31.5 Å². The second-order valence-electron chi connectivity index (χ2n) is 5.72. The number of nitrogens with zero attached hydrogens (tertiary/aromatic N) is 1. The maximum absolute atomic E-state index is 13.3. The van der Waals surface area contributed by atoms with Crippen LogP contribution in [-0.2, 0) is 14.3 Å². The first-order chi connectivity index (χ1) is 13.1. The zero-order chi connectivity index (χ0) is 21.0. The summed E-state index contributed by atoms with van der Waals surface area (Å²) >= 11 is 1.21. The lowest BCUT2D eigenvalue weighted by molar-refractivity contribution is -0.387. The van der Waals surface area contributed by atoms with E-state index in [1.54, 1.807) is 13.8 Å². The Kier molecular flexibility index (Phi) is 6.41. The van der Waals surface area contributed by atoms with Gasteiger partial charge in [0.05, 0.1) is 10.5 Å². The topological polar surface area (TPSA) is 128 Å². The molecule has 0 fully saturated rings. The van der Waals surface area contributed by atoms with Crippen LogP contribution in [0.15, 0.2) is 18.2 Å². The van der Waals surface area contributed by atoms with Crippen LogP contribution in [0.5, 0.6) is 0 Å². The minimum absolute atomic E-state index is 0.0179. The number of halogens is 1. The first-order valence-corrected chi connectivity index (χ1v) is 8.70. The molecule has 0 unspecified atom stereocenters. The average molecular weight is 409 g/mol. The van der Waals surface area contributed by atoms with Crippen molar-refractivity contribution in [1.29, 1.82) is 0 Å². The number of thiophene rings is 1. The Balaban J connectivity index is 2.06. The molecule has 0 radical (unpaired) electrons. The Morgan fingerprint density at radius 3 is 2.54 bits per heavy atom. The number of anilines is 2. The van der Waals surface area contributed by atoms with Crippen molar-refractivity contribution >= 4 is 45.5 Å². The molecule has 1 heterocycles. The van der Waals surface area contributed by atoms with E-state index in [1.165, 1.54) is 18.3 Å². The number of esters is 1. The highest BCUT2D eigenvalue weighted by atomic mass is 32.1. The second kappa shape index (κ2) is 8.57. The maximum atomic E-state index is 13.3. The van der Waals surface area contributed by atoms with Gasteiger partial charge in [-0.25, -0.2) is 4.79 Å². The molecule has 2 N–H and O–H groups in total. The fourth-order valence-electron chi connectivity index (χ4n) is 2.25. The largest absolute Gasteiger partial charge is 0.452 e. The lowest BCUT2D eigenvalue weighted by atomic mass is 10.1. The van der Waals surface area contributed by atoms with Crippen LogP contribution in [0, 0.1) is 29.8 Å². The molecule has 1 aromatic carbocycles. The number of ether oxygens (including phenoxy) is 1. The van der Waals surface area contributed by atoms with Gasteiger partial charge in [0.25, 0.3) is 5.91 Å². The number of hydrogen-bond donors (Lipinski definition) is 2. The number of amides is 2. The van der Waals surface area contributed by atoms with Crippen LogP contribution in [-0.4, -0.2) is 29.3 Å². The molecule has 9 nitrogen and oxygen atoms in total. The normalized spacial score (nSPS) is 10.3. The molecule has 0 aliphatic carbocycles. The van der Waals surface area contributed by atoms with Crippen LogP contribution in [0.3, 0.4) is 0 Å². The van der Waals surface area contributed by atoms with E-state index in [1.807, 2.05) is 0 Å². The predicted molar refractivity (Wildman–Crippen MR) is 100 cm³/mol. The smallest absolute Gasteiger partial charge is 0.341 e. The molecule has 0 aliphatic heterocycles. The molecule has 2 aromatic rings. The first kappa shape index (κ1) is 21.0. The van der Waals surface area contributed by atoms with Crippen molar-refractivity contribution < 1.29 is 28.4 Å². The molecule has 2 amide bonds. The molecule has 11 heteroatoms. The molecule has 1 aromatic heterocycles. The Labute approximate surface area is 162 Å². The van der Waals surface area contributed by atoms with E-state index in [-0.39, 0.29) is 17.2 Å². The van der Waals surface area contributed by atoms with E-state index in [9.17, 15) is 28.9 Å². The van der Waals surface area contributed by atoms with Crippen molar-refractivity contribution in [3.8, 4) is 0 Å². The zero-order valence-electron chi connectivity index (χ0n) is 15.1. The number of nitrogens with one attached hydrogen (secondary N) is 2. The van der Waals surface area contributed by atoms with E-state index in [4.69, 9.17) is 4.74 Å². The number of nitro benzene ring substituents is 1. The summed E-state index contributed by atoms with van der Waals surface area (Å²) in [7, 11) is 0. The molecule has 0 spiro atoms. The van der Waals surface area contributed by atoms with Crippen LogP contribution < -0.4 is 10.6 Å². The number of carbonyl (C=O) groups excluding carboxylic acids is 3. The fourth-order valence-corrected chi connectivity index (χ4v) is 3.35. The van der Waals surface area contributed by atoms with Gasteiger partial charge < -0.3 is 15.4 Å². The fraction of sp³-hybridized carbons (Fsp3) is 0.235. The molecule has 28 heavy (non-hydrogen) atoms. The lowest BCUT2D eigenvalue weighted by Crippen LogP contribution is -2.21. The third kappa shape index (κ3) is 4.88. The average Bonchev–Trinajstić information content (AvgIpc) is 2.87. The lowest BCUT2D eigenvalue weighted by Gasteiger charge is -2.08. The molecule has 2 rings (SSSR count). The Morgan fingerprint density at radius 2 is 1.93 bits per heavy atom. The van der Waals surface area contributed by atoms with Crippen LogP contribution in [0.1, 0.15) is 27.7 Å². The Hall–Kier alpha value is -3.34. The highest BCUT2D eigenvalue weighted by molar-refractivity contribution is 7.16. The predicted octanol–water partition coefficient (Wildman–Crippen LogP) is 3.17. The highest BCUT2D eigenvalue weighted by Crippen LogP contribution is 2.33. The number of carbonyl (C=O) groups is 3. The molecule has 0 aliphatic rings. The molecule has 0 saturated carbocycles. The van der Waals surface area contributed by atoms with Crippen LogP contribution in [0.2, 0.25) is 0 Å². The Morgan fingerprint density at radius 1 is 1.25 bits per heavy atom. The van der Waals surface area contributed by atoms with Crippen molar-refractivity contribution in [1.82, 2.24) is 0 Å². The second-order valence-corrected chi connectivity index (χ2v) is 6.94. The van der Waals surface area contributed by atoms with Gasteiger partial charge >= 0.3 is 11.7 Å². The SMILES string of the molecule is CC(=O)Nc1sc(C)c(C)c1C(=O)OCC(=O)Nc1ccc(F)c([N+](=O)[O-])c1. The molecular formula is C17H16FN3O6S. The van der Waals surface area contributed by atoms with E-state index in [2.05, 4.69) is 10.6 Å². The van der Waals surface area contributed by atoms with Crippen LogP contribution in [0.4, 0.5) is 20.8 Å². The summed E-state index contributed by atoms with van der Waals surface area (Å²) in [5.41, 5.74) is -0.0361. The van der Waals surface area contributed by atoms with Crippen LogP contribution in [0.25, 0.3) is 0 Å². The first-order valence-electron chi connectivity index (χ1n) is 7.88. The summed E-state index contributed by atoms with van der Waals surface area (Å²) in [5.74, 6) is -2.96. The van der Waals surface area contributed by atoms with Gasteiger partial charge in [-0.3, -0.25) is 19.7 Å². The van der Waals surface area contributed by atoms with Crippen molar-refractivity contribution in [2.24, 2.45) is 0 Å². The number of benzene rings is 1. The third-order valence-electron chi connectivity index (χ3n) is 3.64. The number of nitro groups is 1. The van der Waals surface area contributed by atoms with Gasteiger partial charge in [0.1, 0.15) is 5.00 Å². The zero-order valence-corrected chi connectivity index (χ0v) is 15.9. The van der Waals surface area contributed by atoms with Gasteiger partial charge in [-0.15, -0.1) is 11.3 Å². The number of aryl methyl sites for hydroxylation is 1. The summed E-state index contributed by atoms with van der Waals surface area (Å²) in [6.07, 6.45) is 0. The summed E-state index contributed by atoms with van der Waals surface area (Å²) in [6, 6.07) is 2.84. The Bertz CT molecular complexity index is 972. The van der Waals surface area contributed by atoms with E-state index < -0.39 is 34.9 Å². The van der Waals surface area contributed by atoms with E-state index >= 15 is 0 Å². The van der Waals surface area contributed by atoms with Crippen molar-refractivity contribution in [2.45, 2.75) is 20.8 Å². The number of hydrogen-bond acceptors (Lipinski definition) is 7. The molecule has 0 atom stereocenters. The van der Waals surface area contributed by atoms with Gasteiger partial charge in [-0.1, -0.05) is 0 Å². The minimum Gasteiger partial charge on any atom is -0.452 e. The maximum Gasteiger partial charge on any atom is 0.341 e. The molecule has 0 saturated heterocycles. The number of rotatable bonds is 6. The van der Waals surface area contributed by atoms with Gasteiger partial charge in [0.15, 0.2) is 6.61 Å². The highest BCUT2D eigenvalue weighted by Gasteiger charge is 2.22. The third-order valence-corrected chi connectivity index (χ3v) is 4.76. The summed E-state index contributed by atoms with van der Waals surface area (Å²) in [4.78, 5) is 46.2. The van der Waals surface area contributed by atoms with Crippen molar-refractivity contribution in [2.75, 3.05) is 17.2 Å². The summed E-state index contributed by atoms with van der Waals surface area (Å²) < 4.78 is 18.3. The standard InChI is InChI=1S/C17H16FN3O6S/c1-8-9(2)28-16(19-10(3)22)15(8)17(24)27-7-14(23)20-11-4-5-12(18)13(6-11)21(25)26/h4-6H,7H2,1-3H3,(H,19,22)(H,20,23). The van der Waals surface area contributed by atoms with E-state index in [0.29, 0.717) is 10.6 Å². The van der Waals surface area contributed by atoms with Crippen LogP contribution >= 0.6 is 11.3 Å². The molecule has 0 bridgehead atoms. The quantitative estimate of drug-likeness (QED) is 0.428. The summed E-state index contributed by atoms with van der Waals surface area (Å²) in [6.45, 7) is 4.09. The van der Waals surface area contributed by atoms with Crippen molar-refractivity contribution in [3.05, 3.63) is 50.1 Å². The summed E-state index contributed by atoms with van der Waals surface area (Å²) in [5, 5.41) is 15.9. The molecular weight excluding hydrogens is 393 g/mol.